The molecule has 2 bridgehead atoms. The molecule has 1 aromatic heterocycles. The van der Waals surface area contributed by atoms with Crippen molar-refractivity contribution in [1.29, 1.82) is 0 Å². The number of hydrogen-bond acceptors (Lipinski definition) is 5. The number of carbonyl (C=O) groups excluding carboxylic acids is 2. The van der Waals surface area contributed by atoms with E-state index in [4.69, 9.17) is 14.7 Å². The first-order chi connectivity index (χ1) is 16.1. The molecule has 1 fully saturated rings. The second-order valence-electron chi connectivity index (χ2n) is 10.8. The van der Waals surface area contributed by atoms with Crippen LogP contribution in [0.4, 0.5) is 5.69 Å². The van der Waals surface area contributed by atoms with Crippen molar-refractivity contribution in [3.63, 3.8) is 0 Å². The van der Waals surface area contributed by atoms with Crippen molar-refractivity contribution in [2.45, 2.75) is 58.3 Å². The van der Waals surface area contributed by atoms with Gasteiger partial charge in [0, 0.05) is 11.1 Å². The third kappa shape index (κ3) is 3.00. The Kier molecular flexibility index (Phi) is 5.04. The zero-order chi connectivity index (χ0) is 24.3. The van der Waals surface area contributed by atoms with E-state index >= 15 is 0 Å². The Morgan fingerprint density at radius 1 is 0.941 bits per heavy atom. The molecule has 2 unspecified atom stereocenters. The Bertz CT molecular complexity index is 1300. The van der Waals surface area contributed by atoms with E-state index in [2.05, 4.69) is 26.1 Å². The number of hydrogen-bond donors (Lipinski definition) is 1. The highest BCUT2D eigenvalue weighted by Crippen LogP contribution is 2.70. The molecule has 2 aliphatic rings. The lowest BCUT2D eigenvalue weighted by Crippen LogP contribution is -2.48. The number of nitrogens with zero attached hydrogens (tertiary/aromatic N) is 2. The van der Waals surface area contributed by atoms with Gasteiger partial charge in [-0.05, 0) is 60.6 Å². The zero-order valence-electron chi connectivity index (χ0n) is 20.4. The van der Waals surface area contributed by atoms with Gasteiger partial charge in [0.15, 0.2) is 0 Å². The summed E-state index contributed by atoms with van der Waals surface area (Å²) in [4.78, 5) is 36.2. The van der Waals surface area contributed by atoms with Crippen LogP contribution in [-0.4, -0.2) is 28.5 Å². The zero-order valence-corrected chi connectivity index (χ0v) is 20.4. The summed E-state index contributed by atoms with van der Waals surface area (Å²) in [5.74, 6) is -0.152. The first-order valence-corrected chi connectivity index (χ1v) is 12.0. The largest absolute Gasteiger partial charge is 0.462 e. The van der Waals surface area contributed by atoms with Crippen molar-refractivity contribution in [3.05, 3.63) is 65.5 Å². The van der Waals surface area contributed by atoms with Crippen LogP contribution in [-0.2, 0) is 20.4 Å². The Hall–Kier alpha value is -3.28. The van der Waals surface area contributed by atoms with Gasteiger partial charge in [-0.3, -0.25) is 4.79 Å². The maximum atomic E-state index is 14.0. The molecule has 6 nitrogen and oxygen atoms in total. The van der Waals surface area contributed by atoms with E-state index in [9.17, 15) is 9.59 Å². The average molecular weight is 458 g/mol. The van der Waals surface area contributed by atoms with Crippen molar-refractivity contribution in [2.24, 2.45) is 11.3 Å². The highest BCUT2D eigenvalue weighted by atomic mass is 16.5. The number of para-hydroxylation sites is 2. The average Bonchev–Trinajstić information content (AvgIpc) is 3.11. The molecule has 0 radical (unpaired) electrons. The molecule has 3 aromatic rings. The van der Waals surface area contributed by atoms with Crippen LogP contribution in [0.1, 0.15) is 69.2 Å². The lowest BCUT2D eigenvalue weighted by molar-refractivity contribution is -0.125. The van der Waals surface area contributed by atoms with Gasteiger partial charge >= 0.3 is 5.97 Å². The van der Waals surface area contributed by atoms with Crippen LogP contribution in [0.2, 0.25) is 0 Å². The third-order valence-electron chi connectivity index (χ3n) is 8.26. The van der Waals surface area contributed by atoms with E-state index < -0.39 is 5.41 Å². The summed E-state index contributed by atoms with van der Waals surface area (Å²) >= 11 is 0. The molecule has 2 aliphatic carbocycles. The van der Waals surface area contributed by atoms with Gasteiger partial charge in [0.2, 0.25) is 5.91 Å². The molecule has 1 heterocycles. The van der Waals surface area contributed by atoms with E-state index in [0.717, 1.165) is 35.3 Å². The molecule has 1 saturated carbocycles. The summed E-state index contributed by atoms with van der Waals surface area (Å²) in [6, 6.07) is 14.7. The molecule has 0 spiro atoms. The fourth-order valence-electron chi connectivity index (χ4n) is 5.80. The number of esters is 1. The third-order valence-corrected chi connectivity index (χ3v) is 8.26. The Labute approximate surface area is 200 Å². The van der Waals surface area contributed by atoms with Gasteiger partial charge in [0.1, 0.15) is 0 Å². The molecule has 6 heteroatoms. The first-order valence-electron chi connectivity index (χ1n) is 12.0. The van der Waals surface area contributed by atoms with Crippen LogP contribution in [0.15, 0.2) is 48.5 Å². The number of nitrogens with one attached hydrogen (secondary N) is 1. The molecule has 2 atom stereocenters. The summed E-state index contributed by atoms with van der Waals surface area (Å²) in [5.41, 5.74) is 3.16. The molecule has 176 valence electrons. The fourth-order valence-corrected chi connectivity index (χ4v) is 5.80. The summed E-state index contributed by atoms with van der Waals surface area (Å²) in [5, 5.41) is 3.12. The predicted octanol–water partition coefficient (Wildman–Crippen LogP) is 5.41. The van der Waals surface area contributed by atoms with Gasteiger partial charge in [0.05, 0.1) is 40.0 Å². The van der Waals surface area contributed by atoms with Crippen molar-refractivity contribution in [3.8, 4) is 0 Å². The number of anilines is 1. The fraction of sp³-hybridized carbons (Fsp3) is 0.429. The van der Waals surface area contributed by atoms with Crippen LogP contribution >= 0.6 is 0 Å². The highest BCUT2D eigenvalue weighted by Gasteiger charge is 2.73. The topological polar surface area (TPSA) is 81.2 Å². The van der Waals surface area contributed by atoms with E-state index in [1.807, 2.05) is 38.1 Å². The molecular formula is C28H31N3O3. The number of rotatable bonds is 5. The van der Waals surface area contributed by atoms with Crippen LogP contribution in [0.5, 0.6) is 0 Å². The number of benzene rings is 2. The second-order valence-corrected chi connectivity index (χ2v) is 10.8. The molecule has 5 rings (SSSR count). The lowest BCUT2D eigenvalue weighted by Gasteiger charge is -2.39. The summed E-state index contributed by atoms with van der Waals surface area (Å²) in [6.45, 7) is 10.9. The van der Waals surface area contributed by atoms with Crippen molar-refractivity contribution >= 4 is 28.6 Å². The lowest BCUT2D eigenvalue weighted by atomic mass is 9.63. The van der Waals surface area contributed by atoms with Gasteiger partial charge in [-0.25, -0.2) is 14.8 Å². The van der Waals surface area contributed by atoms with E-state index in [1.165, 1.54) is 0 Å². The maximum Gasteiger partial charge on any atom is 0.338 e. The maximum absolute atomic E-state index is 14.0. The Morgan fingerprint density at radius 2 is 1.56 bits per heavy atom. The van der Waals surface area contributed by atoms with Crippen LogP contribution in [0.25, 0.3) is 11.0 Å². The van der Waals surface area contributed by atoms with Crippen LogP contribution in [0.3, 0.4) is 0 Å². The smallest absolute Gasteiger partial charge is 0.338 e. The number of aromatic nitrogens is 2. The van der Waals surface area contributed by atoms with Gasteiger partial charge in [-0.15, -0.1) is 0 Å². The van der Waals surface area contributed by atoms with Gasteiger partial charge in [-0.1, -0.05) is 46.8 Å². The Balaban J connectivity index is 1.47. The minimum atomic E-state index is -0.775. The predicted molar refractivity (Wildman–Crippen MR) is 132 cm³/mol. The first kappa shape index (κ1) is 22.5. The van der Waals surface area contributed by atoms with E-state index in [-0.39, 0.29) is 28.6 Å². The second kappa shape index (κ2) is 7.62. The quantitative estimate of drug-likeness (QED) is 0.518. The molecular weight excluding hydrogens is 426 g/mol. The monoisotopic (exact) mass is 457 g/mol. The molecule has 1 N–H and O–H groups in total. The van der Waals surface area contributed by atoms with E-state index in [0.29, 0.717) is 17.9 Å². The van der Waals surface area contributed by atoms with Crippen molar-refractivity contribution < 1.29 is 14.3 Å². The standard InChI is InChI=1S/C28H31N3O3/c1-17(2)16-34-24(32)18-10-12-19(13-11-18)29-25(33)28-15-14-27(5,26(28,3)4)22-23(28)31-21-9-7-6-8-20(21)30-22/h6-13,17H,14-16H2,1-5H3,(H,29,33). The van der Waals surface area contributed by atoms with Gasteiger partial charge in [0.25, 0.3) is 0 Å². The summed E-state index contributed by atoms with van der Waals surface area (Å²) in [6.07, 6.45) is 1.61. The van der Waals surface area contributed by atoms with E-state index in [1.54, 1.807) is 24.3 Å². The van der Waals surface area contributed by atoms with Crippen molar-refractivity contribution in [2.75, 3.05) is 11.9 Å². The molecule has 34 heavy (non-hydrogen) atoms. The van der Waals surface area contributed by atoms with Crippen LogP contribution in [0, 0.1) is 11.3 Å². The molecule has 2 aromatic carbocycles. The molecule has 0 saturated heterocycles. The normalized spacial score (nSPS) is 24.3. The Morgan fingerprint density at radius 3 is 2.18 bits per heavy atom. The molecule has 1 amide bonds. The SMILES string of the molecule is CC(C)COC(=O)c1ccc(NC(=O)C23CCC(C)(c4nc5ccccc5nc42)C3(C)C)cc1. The number of amides is 1. The van der Waals surface area contributed by atoms with Crippen molar-refractivity contribution in [1.82, 2.24) is 9.97 Å². The number of ether oxygens (including phenoxy) is 1. The van der Waals surface area contributed by atoms with Gasteiger partial charge < -0.3 is 10.1 Å². The van der Waals surface area contributed by atoms with Gasteiger partial charge in [-0.2, -0.15) is 0 Å². The minimum Gasteiger partial charge on any atom is -0.462 e. The highest BCUT2D eigenvalue weighted by molar-refractivity contribution is 6.02. The van der Waals surface area contributed by atoms with Crippen LogP contribution < -0.4 is 5.32 Å². The number of fused-ring (bicyclic) bond motifs is 6. The molecule has 0 aliphatic heterocycles. The summed E-state index contributed by atoms with van der Waals surface area (Å²) < 4.78 is 5.30. The number of carbonyl (C=O) groups is 2. The summed E-state index contributed by atoms with van der Waals surface area (Å²) in [7, 11) is 0. The minimum absolute atomic E-state index is 0.0697.